The minimum atomic E-state index is 0.0481. The zero-order chi connectivity index (χ0) is 10.2. The van der Waals surface area contributed by atoms with Gasteiger partial charge in [0.25, 0.3) is 0 Å². The van der Waals surface area contributed by atoms with Crippen molar-refractivity contribution in [1.82, 2.24) is 0 Å². The fourth-order valence-corrected chi connectivity index (χ4v) is 1.06. The highest BCUT2D eigenvalue weighted by Gasteiger charge is 1.96. The molecule has 0 atom stereocenters. The minimum Gasteiger partial charge on any atom is -0.489 e. The summed E-state index contributed by atoms with van der Waals surface area (Å²) in [5.41, 5.74) is 0.977. The summed E-state index contributed by atoms with van der Waals surface area (Å²) in [4.78, 5) is 0. The first kappa shape index (κ1) is 10.5. The number of ether oxygens (including phenoxy) is 1. The zero-order valence-electron chi connectivity index (χ0n) is 8.02. The van der Waals surface area contributed by atoms with E-state index in [0.717, 1.165) is 11.3 Å². The molecule has 0 aliphatic rings. The Kier molecular flexibility index (Phi) is 4.51. The quantitative estimate of drug-likeness (QED) is 0.722. The van der Waals surface area contributed by atoms with E-state index < -0.39 is 0 Å². The molecular formula is C12H14O2. The van der Waals surface area contributed by atoms with Crippen LogP contribution < -0.4 is 4.74 Å². The van der Waals surface area contributed by atoms with E-state index in [1.54, 1.807) is 18.2 Å². The van der Waals surface area contributed by atoms with E-state index in [4.69, 9.17) is 9.84 Å². The molecule has 1 aromatic carbocycles. The van der Waals surface area contributed by atoms with Gasteiger partial charge in [-0.05, 0) is 12.1 Å². The van der Waals surface area contributed by atoms with Crippen molar-refractivity contribution in [3.63, 3.8) is 0 Å². The van der Waals surface area contributed by atoms with Gasteiger partial charge in [0.1, 0.15) is 12.4 Å². The van der Waals surface area contributed by atoms with Gasteiger partial charge in [0.15, 0.2) is 0 Å². The summed E-state index contributed by atoms with van der Waals surface area (Å²) < 4.78 is 5.46. The van der Waals surface area contributed by atoms with Crippen LogP contribution in [0.4, 0.5) is 0 Å². The maximum absolute atomic E-state index is 8.51. The van der Waals surface area contributed by atoms with Crippen molar-refractivity contribution < 1.29 is 9.84 Å². The first-order valence-electron chi connectivity index (χ1n) is 4.48. The van der Waals surface area contributed by atoms with Gasteiger partial charge < -0.3 is 9.84 Å². The molecule has 2 nitrogen and oxygen atoms in total. The summed E-state index contributed by atoms with van der Waals surface area (Å²) in [6.45, 7) is 4.21. The molecule has 1 rings (SSSR count). The van der Waals surface area contributed by atoms with Crippen LogP contribution in [0, 0.1) is 0 Å². The normalized spacial score (nSPS) is 10.4. The Balaban J connectivity index is 2.57. The van der Waals surface area contributed by atoms with Crippen molar-refractivity contribution >= 4 is 6.08 Å². The number of aliphatic hydroxyl groups excluding tert-OH is 1. The van der Waals surface area contributed by atoms with Gasteiger partial charge in [-0.3, -0.25) is 0 Å². The molecule has 74 valence electrons. The van der Waals surface area contributed by atoms with Crippen LogP contribution in [0.15, 0.2) is 43.0 Å². The van der Waals surface area contributed by atoms with Crippen molar-refractivity contribution in [3.8, 4) is 5.75 Å². The summed E-state index contributed by atoms with van der Waals surface area (Å²) in [6.07, 6.45) is 5.18. The van der Waals surface area contributed by atoms with Crippen molar-refractivity contribution in [1.29, 1.82) is 0 Å². The van der Waals surface area contributed by atoms with Crippen molar-refractivity contribution in [3.05, 3.63) is 48.6 Å². The molecule has 14 heavy (non-hydrogen) atoms. The molecular weight excluding hydrogens is 176 g/mol. The number of aliphatic hydroxyl groups is 1. The number of para-hydroxylation sites is 1. The minimum absolute atomic E-state index is 0.0481. The van der Waals surface area contributed by atoms with Gasteiger partial charge in [-0.2, -0.15) is 0 Å². The van der Waals surface area contributed by atoms with Crippen LogP contribution in [0.5, 0.6) is 5.75 Å². The standard InChI is InChI=1S/C12H14O2/c1-2-11-7-3-4-8-12(11)14-10-6-5-9-13/h2-8,13H,1,9-10H2/b6-5+. The highest BCUT2D eigenvalue weighted by atomic mass is 16.5. The second-order valence-electron chi connectivity index (χ2n) is 2.71. The van der Waals surface area contributed by atoms with Gasteiger partial charge in [-0.25, -0.2) is 0 Å². The second-order valence-corrected chi connectivity index (χ2v) is 2.71. The Bertz CT molecular complexity index is 316. The Morgan fingerprint density at radius 3 is 2.79 bits per heavy atom. The number of benzene rings is 1. The number of rotatable bonds is 5. The second kappa shape index (κ2) is 6.00. The molecule has 2 heteroatoms. The molecule has 1 N–H and O–H groups in total. The van der Waals surface area contributed by atoms with Gasteiger partial charge in [0.2, 0.25) is 0 Å². The van der Waals surface area contributed by atoms with E-state index in [0.29, 0.717) is 6.61 Å². The molecule has 0 saturated carbocycles. The van der Waals surface area contributed by atoms with E-state index in [1.165, 1.54) is 0 Å². The lowest BCUT2D eigenvalue weighted by Crippen LogP contribution is -1.95. The average molecular weight is 190 g/mol. The van der Waals surface area contributed by atoms with Crippen molar-refractivity contribution in [2.45, 2.75) is 0 Å². The van der Waals surface area contributed by atoms with Crippen LogP contribution in [0.2, 0.25) is 0 Å². The summed E-state index contributed by atoms with van der Waals surface area (Å²) in [5.74, 6) is 0.810. The molecule has 0 aliphatic carbocycles. The van der Waals surface area contributed by atoms with Crippen LogP contribution in [0.3, 0.4) is 0 Å². The molecule has 0 saturated heterocycles. The van der Waals surface area contributed by atoms with E-state index in [-0.39, 0.29) is 6.61 Å². The third-order valence-corrected chi connectivity index (χ3v) is 1.75. The van der Waals surface area contributed by atoms with Gasteiger partial charge in [-0.15, -0.1) is 0 Å². The Morgan fingerprint density at radius 1 is 1.29 bits per heavy atom. The summed E-state index contributed by atoms with van der Waals surface area (Å²) in [7, 11) is 0. The van der Waals surface area contributed by atoms with Crippen LogP contribution in [-0.2, 0) is 0 Å². The fourth-order valence-electron chi connectivity index (χ4n) is 1.06. The largest absolute Gasteiger partial charge is 0.489 e. The highest BCUT2D eigenvalue weighted by Crippen LogP contribution is 2.18. The Hall–Kier alpha value is -1.54. The zero-order valence-corrected chi connectivity index (χ0v) is 8.02. The van der Waals surface area contributed by atoms with Crippen molar-refractivity contribution in [2.75, 3.05) is 13.2 Å². The highest BCUT2D eigenvalue weighted by molar-refractivity contribution is 5.55. The van der Waals surface area contributed by atoms with Crippen molar-refractivity contribution in [2.24, 2.45) is 0 Å². The molecule has 1 aromatic rings. The van der Waals surface area contributed by atoms with Crippen LogP contribution in [0.25, 0.3) is 6.08 Å². The molecule has 0 amide bonds. The summed E-state index contributed by atoms with van der Waals surface area (Å²) in [5, 5.41) is 8.51. The van der Waals surface area contributed by atoms with Crippen LogP contribution in [0.1, 0.15) is 5.56 Å². The summed E-state index contributed by atoms with van der Waals surface area (Å²) in [6, 6.07) is 7.69. The smallest absolute Gasteiger partial charge is 0.126 e. The van der Waals surface area contributed by atoms with E-state index >= 15 is 0 Å². The monoisotopic (exact) mass is 190 g/mol. The van der Waals surface area contributed by atoms with Gasteiger partial charge in [0, 0.05) is 5.56 Å². The third kappa shape index (κ3) is 3.07. The number of hydrogen-bond donors (Lipinski definition) is 1. The maximum atomic E-state index is 8.51. The molecule has 0 spiro atoms. The van der Waals surface area contributed by atoms with Gasteiger partial charge in [-0.1, -0.05) is 36.9 Å². The van der Waals surface area contributed by atoms with Crippen LogP contribution in [-0.4, -0.2) is 18.3 Å². The van der Waals surface area contributed by atoms with Gasteiger partial charge >= 0.3 is 0 Å². The molecule has 0 unspecified atom stereocenters. The third-order valence-electron chi connectivity index (χ3n) is 1.75. The molecule has 0 fully saturated rings. The first-order valence-corrected chi connectivity index (χ1v) is 4.48. The lowest BCUT2D eigenvalue weighted by atomic mass is 10.2. The van der Waals surface area contributed by atoms with E-state index in [2.05, 4.69) is 6.58 Å². The Morgan fingerprint density at radius 2 is 2.07 bits per heavy atom. The average Bonchev–Trinajstić information content (AvgIpc) is 2.25. The predicted molar refractivity (Wildman–Crippen MR) is 58.3 cm³/mol. The van der Waals surface area contributed by atoms with Gasteiger partial charge in [0.05, 0.1) is 6.61 Å². The molecule has 0 bridgehead atoms. The fraction of sp³-hybridized carbons (Fsp3) is 0.167. The lowest BCUT2D eigenvalue weighted by Gasteiger charge is -2.05. The topological polar surface area (TPSA) is 29.5 Å². The van der Waals surface area contributed by atoms with Crippen LogP contribution >= 0.6 is 0 Å². The lowest BCUT2D eigenvalue weighted by molar-refractivity contribution is 0.336. The maximum Gasteiger partial charge on any atom is 0.126 e. The van der Waals surface area contributed by atoms with E-state index in [9.17, 15) is 0 Å². The first-order chi connectivity index (χ1) is 6.88. The number of hydrogen-bond acceptors (Lipinski definition) is 2. The predicted octanol–water partition coefficient (Wildman–Crippen LogP) is 2.26. The summed E-state index contributed by atoms with van der Waals surface area (Å²) >= 11 is 0. The molecule has 0 heterocycles. The molecule has 0 aliphatic heterocycles. The Labute approximate surface area is 84.1 Å². The van der Waals surface area contributed by atoms with E-state index in [1.807, 2.05) is 24.3 Å². The molecule has 0 aromatic heterocycles. The molecule has 0 radical (unpaired) electrons. The SMILES string of the molecule is C=Cc1ccccc1OC/C=C/CO.